The summed E-state index contributed by atoms with van der Waals surface area (Å²) >= 11 is 0. The maximum Gasteiger partial charge on any atom is 0.355 e. The molecule has 0 bridgehead atoms. The topological polar surface area (TPSA) is 242 Å². The summed E-state index contributed by atoms with van der Waals surface area (Å²) in [5.41, 5.74) is -2.64. The van der Waals surface area contributed by atoms with Crippen LogP contribution in [0.1, 0.15) is 12.8 Å². The minimum Gasteiger partial charge on any atom is -0.467 e. The third kappa shape index (κ3) is 5.72. The van der Waals surface area contributed by atoms with Crippen LogP contribution in [0.15, 0.2) is 17.3 Å². The van der Waals surface area contributed by atoms with Crippen LogP contribution in [0, 0.1) is 0 Å². The molecule has 16 heteroatoms. The maximum atomic E-state index is 12.0. The van der Waals surface area contributed by atoms with Crippen LogP contribution in [0.4, 0.5) is 0 Å². The second-order valence-corrected chi connectivity index (χ2v) is 6.51. The molecular weight excluding hydrogens is 413 g/mol. The first-order valence-electron chi connectivity index (χ1n) is 8.43. The van der Waals surface area contributed by atoms with Crippen molar-refractivity contribution in [2.45, 2.75) is 48.7 Å². The molecule has 0 saturated carbocycles. The predicted molar refractivity (Wildman–Crippen MR) is 95.4 cm³/mol. The summed E-state index contributed by atoms with van der Waals surface area (Å²) in [7, 11) is 2.86. The summed E-state index contributed by atoms with van der Waals surface area (Å²) in [5.74, 6) is -11.2. The number of carbonyl (C=O) groups is 2. The molecule has 0 aromatic carbocycles. The third-order valence-corrected chi connectivity index (χ3v) is 4.34. The Morgan fingerprint density at radius 1 is 1.23 bits per heavy atom. The summed E-state index contributed by atoms with van der Waals surface area (Å²) in [4.78, 5) is 27.2. The van der Waals surface area contributed by atoms with E-state index in [2.05, 4.69) is 4.99 Å². The van der Waals surface area contributed by atoms with E-state index in [4.69, 9.17) is 45.3 Å². The fraction of sp³-hybridized carbons (Fsp3) is 0.643. The minimum absolute atomic E-state index is 0.144. The van der Waals surface area contributed by atoms with Gasteiger partial charge in [0.05, 0.1) is 12.1 Å². The Morgan fingerprint density at radius 2 is 1.80 bits per heavy atom. The molecule has 170 valence electrons. The maximum absolute atomic E-state index is 12.0. The minimum atomic E-state index is -4.46. The van der Waals surface area contributed by atoms with Crippen molar-refractivity contribution < 1.29 is 60.0 Å². The molecule has 1 heterocycles. The summed E-state index contributed by atoms with van der Waals surface area (Å²) < 4.78 is 10.4. The number of nitrogens with one attached hydrogen (secondary N) is 1. The SMILES string of the molecule is BC(OC(=O)C(O)(C(O)(O)O)C(O)(O)O)C1CCC(N(C)/C=C\C(=N/C=O)NO)O1. The lowest BCUT2D eigenvalue weighted by Crippen LogP contribution is -2.73. The van der Waals surface area contributed by atoms with E-state index in [0.717, 1.165) is 0 Å². The molecule has 1 saturated heterocycles. The van der Waals surface area contributed by atoms with Crippen LogP contribution in [-0.4, -0.2) is 115 Å². The zero-order valence-corrected chi connectivity index (χ0v) is 16.0. The number of hydrogen-bond donors (Lipinski definition) is 9. The first-order chi connectivity index (χ1) is 13.7. The molecule has 15 nitrogen and oxygen atoms in total. The number of hydrogen-bond acceptors (Lipinski definition) is 13. The lowest BCUT2D eigenvalue weighted by molar-refractivity contribution is -0.481. The number of amides is 1. The molecule has 0 aromatic rings. The van der Waals surface area contributed by atoms with E-state index in [-0.39, 0.29) is 12.2 Å². The number of nitrogens with zero attached hydrogens (tertiary/aromatic N) is 2. The monoisotopic (exact) mass is 437 g/mol. The molecule has 0 radical (unpaired) electrons. The normalized spacial score (nSPS) is 22.1. The number of ether oxygens (including phenoxy) is 2. The lowest BCUT2D eigenvalue weighted by atomic mass is 9.91. The van der Waals surface area contributed by atoms with E-state index in [9.17, 15) is 14.7 Å². The first-order valence-corrected chi connectivity index (χ1v) is 8.43. The quantitative estimate of drug-likeness (QED) is 0.0310. The molecule has 0 spiro atoms. The van der Waals surface area contributed by atoms with Crippen molar-refractivity contribution in [3.05, 3.63) is 12.3 Å². The van der Waals surface area contributed by atoms with Crippen molar-refractivity contribution in [3.8, 4) is 0 Å². The van der Waals surface area contributed by atoms with Crippen molar-refractivity contribution >= 4 is 26.1 Å². The highest BCUT2D eigenvalue weighted by molar-refractivity contribution is 6.12. The van der Waals surface area contributed by atoms with E-state index < -0.39 is 41.9 Å². The van der Waals surface area contributed by atoms with E-state index in [1.807, 2.05) is 0 Å². The van der Waals surface area contributed by atoms with Gasteiger partial charge in [0, 0.05) is 13.2 Å². The highest BCUT2D eigenvalue weighted by Crippen LogP contribution is 2.31. The molecule has 0 aromatic heterocycles. The van der Waals surface area contributed by atoms with Crippen LogP contribution >= 0.6 is 0 Å². The van der Waals surface area contributed by atoms with E-state index in [0.29, 0.717) is 12.8 Å². The van der Waals surface area contributed by atoms with Crippen molar-refractivity contribution in [1.29, 1.82) is 0 Å². The molecule has 30 heavy (non-hydrogen) atoms. The van der Waals surface area contributed by atoms with Gasteiger partial charge in [0.15, 0.2) is 13.7 Å². The Bertz CT molecular complexity index is 660. The Kier molecular flexibility index (Phi) is 8.44. The average molecular weight is 437 g/mol. The van der Waals surface area contributed by atoms with E-state index >= 15 is 0 Å². The molecule has 0 aliphatic carbocycles. The van der Waals surface area contributed by atoms with Crippen molar-refractivity contribution in [3.63, 3.8) is 0 Å². The summed E-state index contributed by atoms with van der Waals surface area (Å²) in [6.07, 6.45) is 2.22. The third-order valence-electron chi connectivity index (χ3n) is 4.34. The van der Waals surface area contributed by atoms with Crippen LogP contribution in [0.2, 0.25) is 0 Å². The van der Waals surface area contributed by atoms with Crippen LogP contribution < -0.4 is 5.48 Å². The van der Waals surface area contributed by atoms with Gasteiger partial charge in [-0.05, 0) is 18.9 Å². The number of aliphatic hydroxyl groups is 7. The van der Waals surface area contributed by atoms with Gasteiger partial charge >= 0.3 is 23.5 Å². The fourth-order valence-electron chi connectivity index (χ4n) is 2.57. The summed E-state index contributed by atoms with van der Waals surface area (Å²) in [6, 6.07) is -1.21. The number of amidine groups is 1. The van der Waals surface area contributed by atoms with E-state index in [1.54, 1.807) is 12.5 Å². The Labute approximate surface area is 170 Å². The van der Waals surface area contributed by atoms with Crippen LogP contribution in [0.5, 0.6) is 0 Å². The molecule has 1 fully saturated rings. The fourth-order valence-corrected chi connectivity index (χ4v) is 2.57. The van der Waals surface area contributed by atoms with Gasteiger partial charge in [-0.25, -0.2) is 4.79 Å². The Balaban J connectivity index is 2.80. The molecule has 3 atom stereocenters. The van der Waals surface area contributed by atoms with Gasteiger partial charge in [0.1, 0.15) is 6.23 Å². The smallest absolute Gasteiger partial charge is 0.355 e. The lowest BCUT2D eigenvalue weighted by Gasteiger charge is -2.38. The zero-order valence-electron chi connectivity index (χ0n) is 16.0. The van der Waals surface area contributed by atoms with Gasteiger partial charge in [-0.2, -0.15) is 4.99 Å². The molecule has 9 N–H and O–H groups in total. The average Bonchev–Trinajstić information content (AvgIpc) is 3.12. The molecule has 3 unspecified atom stereocenters. The van der Waals surface area contributed by atoms with Crippen molar-refractivity contribution in [2.75, 3.05) is 7.05 Å². The van der Waals surface area contributed by atoms with Gasteiger partial charge in [0.25, 0.3) is 0 Å². The molecule has 1 amide bonds. The number of esters is 1. The molecular formula is C14H24BN3O12. The number of hydroxylamine groups is 1. The first kappa shape index (κ1) is 25.9. The summed E-state index contributed by atoms with van der Waals surface area (Å²) in [5, 5.41) is 73.0. The zero-order chi connectivity index (χ0) is 23.3. The summed E-state index contributed by atoms with van der Waals surface area (Å²) in [6.45, 7) is 0. The van der Waals surface area contributed by atoms with Gasteiger partial charge in [-0.1, -0.05) is 0 Å². The van der Waals surface area contributed by atoms with Gasteiger partial charge in [0.2, 0.25) is 6.41 Å². The van der Waals surface area contributed by atoms with Crippen LogP contribution in [-0.2, 0) is 19.1 Å². The number of rotatable bonds is 9. The standard InChI is InChI=1S/C14H24BN3O12/c1-18(5-4-8(17-28)16-6-19)9-3-2-7(29-9)10(15)30-11(20)12(21,13(22,23)24)14(25,26)27/h4-7,9-10,21-28H,2-3,15H2,1H3,(H,16,17,19)/b5-4-. The second-order valence-electron chi connectivity index (χ2n) is 6.51. The number of aliphatic imine (C=N–C) groups is 1. The van der Waals surface area contributed by atoms with Crippen molar-refractivity contribution in [1.82, 2.24) is 10.4 Å². The highest BCUT2D eigenvalue weighted by atomic mass is 16.8. The van der Waals surface area contributed by atoms with E-state index in [1.165, 1.54) is 25.0 Å². The van der Waals surface area contributed by atoms with Gasteiger partial charge in [-0.15, -0.1) is 0 Å². The predicted octanol–water partition coefficient (Wildman–Crippen LogP) is -6.03. The van der Waals surface area contributed by atoms with Gasteiger partial charge in [-0.3, -0.25) is 15.5 Å². The molecule has 1 rings (SSSR count). The van der Waals surface area contributed by atoms with Crippen LogP contribution in [0.3, 0.4) is 0 Å². The molecule has 1 aliphatic rings. The van der Waals surface area contributed by atoms with Crippen molar-refractivity contribution in [2.24, 2.45) is 4.99 Å². The Morgan fingerprint density at radius 3 is 2.27 bits per heavy atom. The number of carbonyl (C=O) groups excluding carboxylic acids is 2. The second kappa shape index (κ2) is 9.77. The van der Waals surface area contributed by atoms with Gasteiger partial charge < -0.3 is 50.1 Å². The van der Waals surface area contributed by atoms with Crippen LogP contribution in [0.25, 0.3) is 0 Å². The molecule has 1 aliphatic heterocycles. The highest BCUT2D eigenvalue weighted by Gasteiger charge is 2.69. The largest absolute Gasteiger partial charge is 0.467 e. The Hall–Kier alpha value is -2.15.